The van der Waals surface area contributed by atoms with E-state index in [0.717, 1.165) is 0 Å². The molecule has 2 aromatic carbocycles. The fourth-order valence-corrected chi connectivity index (χ4v) is 4.15. The molecule has 0 atom stereocenters. The molecule has 6 nitrogen and oxygen atoms in total. The monoisotopic (exact) mass is 367 g/mol. The number of hydrogen-bond acceptors (Lipinski definition) is 6. The van der Waals surface area contributed by atoms with Gasteiger partial charge in [0.05, 0.1) is 0 Å². The first-order valence-electron chi connectivity index (χ1n) is 7.65. The van der Waals surface area contributed by atoms with E-state index in [0.29, 0.717) is 0 Å². The minimum absolute atomic E-state index is 0.117. The predicted molar refractivity (Wildman–Crippen MR) is 90.4 cm³/mol. The van der Waals surface area contributed by atoms with Gasteiger partial charge in [-0.1, -0.05) is 48.5 Å². The molecule has 2 aliphatic rings. The molecule has 4 rings (SSSR count). The summed E-state index contributed by atoms with van der Waals surface area (Å²) in [5, 5.41) is -1.44. The molecule has 2 aromatic rings. The maximum absolute atomic E-state index is 13.2. The zero-order valence-corrected chi connectivity index (χ0v) is 13.9. The van der Waals surface area contributed by atoms with Crippen molar-refractivity contribution in [2.45, 2.75) is 5.54 Å². The van der Waals surface area contributed by atoms with E-state index in [1.165, 1.54) is 48.5 Å². The predicted octanol–water partition coefficient (Wildman–Crippen LogP) is 1.59. The molecule has 0 heterocycles. The number of nitrogens with two attached hydrogens (primary N) is 1. The average molecular weight is 368 g/mol. The Balaban J connectivity index is 2.20. The second kappa shape index (κ2) is 5.03. The van der Waals surface area contributed by atoms with E-state index < -0.39 is 39.3 Å². The van der Waals surface area contributed by atoms with Gasteiger partial charge in [-0.25, -0.2) is 0 Å². The summed E-state index contributed by atoms with van der Waals surface area (Å²) in [6.07, 6.45) is 0. The average Bonchev–Trinajstić information content (AvgIpc) is 2.64. The van der Waals surface area contributed by atoms with Crippen LogP contribution in [0.1, 0.15) is 41.4 Å². The third kappa shape index (κ3) is 1.54. The number of carbonyl (C=O) groups is 5. The number of benzene rings is 2. The minimum atomic E-state index is -2.81. The molecule has 0 saturated carbocycles. The largest absolute Gasteiger partial charge is 0.310 e. The molecule has 0 bridgehead atoms. The van der Waals surface area contributed by atoms with Crippen molar-refractivity contribution in [1.29, 1.82) is 0 Å². The van der Waals surface area contributed by atoms with E-state index in [4.69, 9.17) is 17.3 Å². The molecular weight excluding hydrogens is 358 g/mol. The van der Waals surface area contributed by atoms with E-state index in [2.05, 4.69) is 0 Å². The normalized spacial score (nSPS) is 26.8. The number of ketones is 4. The van der Waals surface area contributed by atoms with Crippen LogP contribution in [0.2, 0.25) is 0 Å². The van der Waals surface area contributed by atoms with Crippen molar-refractivity contribution in [2.75, 3.05) is 0 Å². The first kappa shape index (κ1) is 16.5. The van der Waals surface area contributed by atoms with Crippen molar-refractivity contribution in [2.24, 2.45) is 11.1 Å². The summed E-state index contributed by atoms with van der Waals surface area (Å²) in [5.74, 6) is -4.03. The molecule has 0 radical (unpaired) electrons. The highest BCUT2D eigenvalue weighted by atomic mass is 35.5. The lowest BCUT2D eigenvalue weighted by atomic mass is 9.51. The van der Waals surface area contributed by atoms with Crippen LogP contribution in [0.4, 0.5) is 0 Å². The zero-order valence-electron chi connectivity index (χ0n) is 13.1. The smallest absolute Gasteiger partial charge is 0.246 e. The Hall–Kier alpha value is -2.96. The summed E-state index contributed by atoms with van der Waals surface area (Å²) in [7, 11) is 0. The molecular formula is C19H10ClNO5. The molecule has 0 aromatic heterocycles. The molecule has 26 heavy (non-hydrogen) atoms. The second-order valence-electron chi connectivity index (χ2n) is 6.24. The van der Waals surface area contributed by atoms with Crippen molar-refractivity contribution in [3.8, 4) is 0 Å². The Kier molecular flexibility index (Phi) is 3.19. The molecule has 0 saturated heterocycles. The van der Waals surface area contributed by atoms with Crippen LogP contribution in [0.5, 0.6) is 0 Å². The van der Waals surface area contributed by atoms with Gasteiger partial charge in [0.25, 0.3) is 0 Å². The van der Waals surface area contributed by atoms with Crippen molar-refractivity contribution >= 4 is 40.0 Å². The summed E-state index contributed by atoms with van der Waals surface area (Å²) < 4.78 is 0. The summed E-state index contributed by atoms with van der Waals surface area (Å²) in [4.78, 5) is 65.1. The molecule has 7 heteroatoms. The molecule has 0 aliphatic heterocycles. The molecule has 128 valence electrons. The number of hydrogen-bond donors (Lipinski definition) is 1. The van der Waals surface area contributed by atoms with E-state index >= 15 is 0 Å². The van der Waals surface area contributed by atoms with Gasteiger partial charge in [-0.15, -0.1) is 0 Å². The first-order valence-corrected chi connectivity index (χ1v) is 8.03. The van der Waals surface area contributed by atoms with Gasteiger partial charge >= 0.3 is 0 Å². The molecule has 0 fully saturated rings. The van der Waals surface area contributed by atoms with E-state index in [-0.39, 0.29) is 22.3 Å². The van der Waals surface area contributed by atoms with Crippen molar-refractivity contribution in [1.82, 2.24) is 0 Å². The van der Waals surface area contributed by atoms with E-state index in [9.17, 15) is 24.0 Å². The summed E-state index contributed by atoms with van der Waals surface area (Å²) in [6, 6.07) is 11.2. The fraction of sp³-hybridized carbons (Fsp3) is 0.105. The third-order valence-electron chi connectivity index (χ3n) is 5.12. The Labute approximate surface area is 151 Å². The Morgan fingerprint density at radius 3 is 1.31 bits per heavy atom. The number of rotatable bonds is 1. The zero-order chi connectivity index (χ0) is 18.9. The molecule has 2 aliphatic carbocycles. The lowest BCUT2D eigenvalue weighted by Gasteiger charge is -2.47. The topological polar surface area (TPSA) is 111 Å². The fourth-order valence-electron chi connectivity index (χ4n) is 3.83. The maximum atomic E-state index is 13.2. The van der Waals surface area contributed by atoms with Crippen LogP contribution >= 0.6 is 11.6 Å². The number of halogens is 1. The minimum Gasteiger partial charge on any atom is -0.310 e. The molecule has 0 spiro atoms. The van der Waals surface area contributed by atoms with Crippen LogP contribution in [0.15, 0.2) is 48.5 Å². The van der Waals surface area contributed by atoms with Gasteiger partial charge in [0.15, 0.2) is 28.7 Å². The Morgan fingerprint density at radius 1 is 0.692 bits per heavy atom. The Bertz CT molecular complexity index is 1000. The van der Waals surface area contributed by atoms with Gasteiger partial charge in [0.2, 0.25) is 10.7 Å². The van der Waals surface area contributed by atoms with Crippen LogP contribution in [0, 0.1) is 5.41 Å². The van der Waals surface area contributed by atoms with Crippen molar-refractivity contribution in [3.63, 3.8) is 0 Å². The quantitative estimate of drug-likeness (QED) is 0.605. The summed E-state index contributed by atoms with van der Waals surface area (Å²) in [6.45, 7) is 0. The van der Waals surface area contributed by atoms with E-state index in [1.807, 2.05) is 0 Å². The van der Waals surface area contributed by atoms with Gasteiger partial charge < -0.3 is 5.73 Å². The van der Waals surface area contributed by atoms with Gasteiger partial charge in [-0.2, -0.15) is 0 Å². The highest BCUT2D eigenvalue weighted by Crippen LogP contribution is 2.50. The number of fused-ring (bicyclic) bond motifs is 3. The lowest BCUT2D eigenvalue weighted by Crippen LogP contribution is -2.77. The first-order chi connectivity index (χ1) is 12.3. The second-order valence-corrected chi connectivity index (χ2v) is 6.58. The highest BCUT2D eigenvalue weighted by molar-refractivity contribution is 6.72. The number of Topliss-reactive ketones (excluding diaryl/α,β-unsaturated/α-hetero) is 4. The summed E-state index contributed by atoms with van der Waals surface area (Å²) in [5.41, 5.74) is 0.0667. The molecule has 0 unspecified atom stereocenters. The molecule has 2 N–H and O–H groups in total. The maximum Gasteiger partial charge on any atom is 0.246 e. The Morgan fingerprint density at radius 2 is 1.00 bits per heavy atom. The third-order valence-corrected chi connectivity index (χ3v) is 5.40. The van der Waals surface area contributed by atoms with Crippen LogP contribution in [0.25, 0.3) is 0 Å². The number of carbonyl (C=O) groups excluding carboxylic acids is 5. The van der Waals surface area contributed by atoms with Crippen LogP contribution in [0.3, 0.4) is 0 Å². The highest BCUT2D eigenvalue weighted by Gasteiger charge is 2.75. The van der Waals surface area contributed by atoms with Crippen LogP contribution in [-0.2, 0) is 4.79 Å². The van der Waals surface area contributed by atoms with Crippen molar-refractivity contribution < 1.29 is 24.0 Å². The summed E-state index contributed by atoms with van der Waals surface area (Å²) >= 11 is 5.70. The standard InChI is InChI=1S/C19H10ClNO5/c20-17(26)18-13(22)9-5-1-3-7-11(9)15(24)19(18,21)16(25)12-8-4-2-6-10(12)14(18)23/h1-8H,21H2. The van der Waals surface area contributed by atoms with Gasteiger partial charge in [0.1, 0.15) is 0 Å². The lowest BCUT2D eigenvalue weighted by molar-refractivity contribution is -0.118. The van der Waals surface area contributed by atoms with Crippen LogP contribution < -0.4 is 5.73 Å². The van der Waals surface area contributed by atoms with Gasteiger partial charge in [-0.05, 0) is 11.6 Å². The van der Waals surface area contributed by atoms with E-state index in [1.54, 1.807) is 0 Å². The van der Waals surface area contributed by atoms with Gasteiger partial charge in [-0.3, -0.25) is 24.0 Å². The van der Waals surface area contributed by atoms with Crippen LogP contribution in [-0.4, -0.2) is 33.9 Å². The SMILES string of the molecule is NC12C(=O)c3ccccc3C(=O)C1(C(=O)Cl)C(=O)c1ccccc1C2=O. The molecule has 0 amide bonds. The van der Waals surface area contributed by atoms with Gasteiger partial charge in [0, 0.05) is 22.3 Å². The van der Waals surface area contributed by atoms with Crippen molar-refractivity contribution in [3.05, 3.63) is 70.8 Å².